The molecule has 0 amide bonds. The molecule has 1 aromatic heterocycles. The summed E-state index contributed by atoms with van der Waals surface area (Å²) in [6.07, 6.45) is 0. The third-order valence-electron chi connectivity index (χ3n) is 3.11. The Balaban J connectivity index is 2.03. The summed E-state index contributed by atoms with van der Waals surface area (Å²) in [4.78, 5) is 11.2. The topological polar surface area (TPSA) is 60.8 Å². The second-order valence-electron chi connectivity index (χ2n) is 5.05. The van der Waals surface area contributed by atoms with Crippen LogP contribution in [0.3, 0.4) is 0 Å². The summed E-state index contributed by atoms with van der Waals surface area (Å²) in [7, 11) is 2.01. The Hall–Kier alpha value is -2.08. The number of nitrogens with zero attached hydrogens (tertiary/aromatic N) is 3. The Kier molecular flexibility index (Phi) is 5.77. The molecule has 0 saturated heterocycles. The van der Waals surface area contributed by atoms with E-state index < -0.39 is 0 Å². The summed E-state index contributed by atoms with van der Waals surface area (Å²) in [5.41, 5.74) is 2.12. The standard InChI is InChI=1S/C16H22N4OS/c1-4-17-16(18-9-13-5-7-15(21)8-6-13)20(3)10-14-11-22-12(2)19-14/h5-8,11,21H,4,9-10H2,1-3H3,(H,17,18). The Labute approximate surface area is 135 Å². The van der Waals surface area contributed by atoms with Crippen molar-refractivity contribution in [3.8, 4) is 5.75 Å². The summed E-state index contributed by atoms with van der Waals surface area (Å²) < 4.78 is 0. The molecular weight excluding hydrogens is 296 g/mol. The number of aryl methyl sites for hydroxylation is 1. The van der Waals surface area contributed by atoms with Gasteiger partial charge in [-0.05, 0) is 31.5 Å². The van der Waals surface area contributed by atoms with Crippen molar-refractivity contribution >= 4 is 17.3 Å². The molecule has 0 radical (unpaired) electrons. The Morgan fingerprint density at radius 2 is 2.09 bits per heavy atom. The van der Waals surface area contributed by atoms with Crippen LogP contribution in [0.15, 0.2) is 34.6 Å². The van der Waals surface area contributed by atoms with Gasteiger partial charge >= 0.3 is 0 Å². The largest absolute Gasteiger partial charge is 0.508 e. The van der Waals surface area contributed by atoms with E-state index in [0.717, 1.165) is 35.3 Å². The van der Waals surface area contributed by atoms with Gasteiger partial charge in [-0.15, -0.1) is 11.3 Å². The number of nitrogens with one attached hydrogen (secondary N) is 1. The van der Waals surface area contributed by atoms with E-state index in [1.165, 1.54) is 0 Å². The summed E-state index contributed by atoms with van der Waals surface area (Å²) in [6.45, 7) is 6.18. The predicted molar refractivity (Wildman–Crippen MR) is 91.2 cm³/mol. The number of guanidine groups is 1. The first-order chi connectivity index (χ1) is 10.6. The molecule has 1 aromatic carbocycles. The highest BCUT2D eigenvalue weighted by Gasteiger charge is 2.08. The molecule has 0 fully saturated rings. The molecule has 2 rings (SSSR count). The number of aromatic nitrogens is 1. The number of aliphatic imine (C=N–C) groups is 1. The van der Waals surface area contributed by atoms with Crippen molar-refractivity contribution < 1.29 is 5.11 Å². The van der Waals surface area contributed by atoms with Crippen molar-refractivity contribution in [2.75, 3.05) is 13.6 Å². The van der Waals surface area contributed by atoms with Crippen molar-refractivity contribution in [1.82, 2.24) is 15.2 Å². The normalized spacial score (nSPS) is 11.5. The molecule has 0 atom stereocenters. The monoisotopic (exact) mass is 318 g/mol. The van der Waals surface area contributed by atoms with Crippen molar-refractivity contribution in [3.05, 3.63) is 45.9 Å². The zero-order valence-electron chi connectivity index (χ0n) is 13.2. The minimum atomic E-state index is 0.274. The average molecular weight is 318 g/mol. The number of hydrogen-bond donors (Lipinski definition) is 2. The van der Waals surface area contributed by atoms with Gasteiger partial charge in [0.25, 0.3) is 0 Å². The molecule has 1 heterocycles. The number of benzene rings is 1. The summed E-state index contributed by atoms with van der Waals surface area (Å²) >= 11 is 1.66. The third-order valence-corrected chi connectivity index (χ3v) is 3.93. The summed E-state index contributed by atoms with van der Waals surface area (Å²) in [6, 6.07) is 7.12. The van der Waals surface area contributed by atoms with Gasteiger partial charge in [-0.3, -0.25) is 0 Å². The molecule has 0 saturated carbocycles. The fourth-order valence-electron chi connectivity index (χ4n) is 2.04. The first-order valence-electron chi connectivity index (χ1n) is 7.27. The van der Waals surface area contributed by atoms with Crippen molar-refractivity contribution in [1.29, 1.82) is 0 Å². The molecule has 0 bridgehead atoms. The Morgan fingerprint density at radius 1 is 1.36 bits per heavy atom. The lowest BCUT2D eigenvalue weighted by molar-refractivity contribution is 0.470. The molecular formula is C16H22N4OS. The van der Waals surface area contributed by atoms with Gasteiger partial charge in [0, 0.05) is 19.0 Å². The fraction of sp³-hybridized carbons (Fsp3) is 0.375. The smallest absolute Gasteiger partial charge is 0.194 e. The first kappa shape index (κ1) is 16.3. The Bertz CT molecular complexity index is 621. The number of hydrogen-bond acceptors (Lipinski definition) is 4. The van der Waals surface area contributed by atoms with Crippen LogP contribution in [0.1, 0.15) is 23.2 Å². The minimum Gasteiger partial charge on any atom is -0.508 e. The molecule has 2 aromatic rings. The minimum absolute atomic E-state index is 0.274. The maximum absolute atomic E-state index is 9.31. The lowest BCUT2D eigenvalue weighted by Crippen LogP contribution is -2.38. The number of thiazole rings is 1. The summed E-state index contributed by atoms with van der Waals surface area (Å²) in [5.74, 6) is 1.12. The molecule has 6 heteroatoms. The molecule has 0 aliphatic carbocycles. The lowest BCUT2D eigenvalue weighted by Gasteiger charge is -2.21. The van der Waals surface area contributed by atoms with Crippen LogP contribution in [0.2, 0.25) is 0 Å². The van der Waals surface area contributed by atoms with Gasteiger partial charge < -0.3 is 15.3 Å². The van der Waals surface area contributed by atoms with E-state index in [-0.39, 0.29) is 5.75 Å². The molecule has 0 aliphatic rings. The number of phenolic OH excluding ortho intramolecular Hbond substituents is 1. The third kappa shape index (κ3) is 4.73. The molecule has 0 spiro atoms. The van der Waals surface area contributed by atoms with Crippen LogP contribution >= 0.6 is 11.3 Å². The molecule has 5 nitrogen and oxygen atoms in total. The van der Waals surface area contributed by atoms with Crippen LogP contribution < -0.4 is 5.32 Å². The SMILES string of the molecule is CCNC(=NCc1ccc(O)cc1)N(C)Cc1csc(C)n1. The van der Waals surface area contributed by atoms with Crippen LogP contribution in [0.4, 0.5) is 0 Å². The van der Waals surface area contributed by atoms with E-state index in [1.54, 1.807) is 23.5 Å². The highest BCUT2D eigenvalue weighted by atomic mass is 32.1. The zero-order chi connectivity index (χ0) is 15.9. The first-order valence-corrected chi connectivity index (χ1v) is 8.14. The average Bonchev–Trinajstić information content (AvgIpc) is 2.90. The van der Waals surface area contributed by atoms with Gasteiger partial charge in [0.15, 0.2) is 5.96 Å². The number of rotatable bonds is 5. The van der Waals surface area contributed by atoms with Crippen molar-refractivity contribution in [2.24, 2.45) is 4.99 Å². The number of phenols is 1. The van der Waals surface area contributed by atoms with Gasteiger partial charge in [-0.25, -0.2) is 9.98 Å². The van der Waals surface area contributed by atoms with E-state index >= 15 is 0 Å². The van der Waals surface area contributed by atoms with Crippen LogP contribution in [0.25, 0.3) is 0 Å². The maximum Gasteiger partial charge on any atom is 0.194 e. The van der Waals surface area contributed by atoms with Gasteiger partial charge in [0.2, 0.25) is 0 Å². The fourth-order valence-corrected chi connectivity index (χ4v) is 2.64. The Morgan fingerprint density at radius 3 is 2.68 bits per heavy atom. The lowest BCUT2D eigenvalue weighted by atomic mass is 10.2. The molecule has 0 unspecified atom stereocenters. The molecule has 22 heavy (non-hydrogen) atoms. The molecule has 2 N–H and O–H groups in total. The zero-order valence-corrected chi connectivity index (χ0v) is 14.0. The second kappa shape index (κ2) is 7.79. The molecule has 0 aliphatic heterocycles. The highest BCUT2D eigenvalue weighted by Crippen LogP contribution is 2.12. The van der Waals surface area contributed by atoms with Gasteiger partial charge in [-0.1, -0.05) is 12.1 Å². The van der Waals surface area contributed by atoms with E-state index in [1.807, 2.05) is 26.1 Å². The quantitative estimate of drug-likeness (QED) is 0.657. The van der Waals surface area contributed by atoms with E-state index in [9.17, 15) is 5.11 Å². The predicted octanol–water partition coefficient (Wildman–Crippen LogP) is 2.75. The van der Waals surface area contributed by atoms with E-state index in [4.69, 9.17) is 0 Å². The van der Waals surface area contributed by atoms with Crippen molar-refractivity contribution in [3.63, 3.8) is 0 Å². The highest BCUT2D eigenvalue weighted by molar-refractivity contribution is 7.09. The maximum atomic E-state index is 9.31. The second-order valence-corrected chi connectivity index (χ2v) is 6.11. The molecule has 118 valence electrons. The van der Waals surface area contributed by atoms with Crippen LogP contribution in [-0.2, 0) is 13.1 Å². The van der Waals surface area contributed by atoms with Crippen LogP contribution in [-0.4, -0.2) is 34.5 Å². The van der Waals surface area contributed by atoms with Gasteiger partial charge in [-0.2, -0.15) is 0 Å². The van der Waals surface area contributed by atoms with E-state index in [0.29, 0.717) is 6.54 Å². The van der Waals surface area contributed by atoms with Gasteiger partial charge in [0.05, 0.1) is 23.8 Å². The van der Waals surface area contributed by atoms with Crippen molar-refractivity contribution in [2.45, 2.75) is 26.9 Å². The van der Waals surface area contributed by atoms with E-state index in [2.05, 4.69) is 32.5 Å². The summed E-state index contributed by atoms with van der Waals surface area (Å²) in [5, 5.41) is 15.8. The van der Waals surface area contributed by atoms with Crippen LogP contribution in [0.5, 0.6) is 5.75 Å². The van der Waals surface area contributed by atoms with Crippen LogP contribution in [0, 0.1) is 6.92 Å². The van der Waals surface area contributed by atoms with Gasteiger partial charge in [0.1, 0.15) is 5.75 Å². The number of aromatic hydroxyl groups is 1.